The van der Waals surface area contributed by atoms with Gasteiger partial charge in [-0.25, -0.2) is 4.98 Å². The molecule has 0 amide bonds. The van der Waals surface area contributed by atoms with E-state index in [1.54, 1.807) is 7.11 Å². The van der Waals surface area contributed by atoms with Crippen molar-refractivity contribution in [2.24, 2.45) is 10.9 Å². The maximum absolute atomic E-state index is 12.5. The summed E-state index contributed by atoms with van der Waals surface area (Å²) in [5.74, 6) is 1.87. The molecule has 1 aliphatic rings. The lowest BCUT2D eigenvalue weighted by Gasteiger charge is -2.21. The first-order chi connectivity index (χ1) is 12.9. The summed E-state index contributed by atoms with van der Waals surface area (Å²) in [4.78, 5) is 10.7. The number of alkyl halides is 3. The van der Waals surface area contributed by atoms with E-state index in [4.69, 9.17) is 4.74 Å². The van der Waals surface area contributed by atoms with Crippen LogP contribution in [0.4, 0.5) is 19.0 Å². The van der Waals surface area contributed by atoms with Gasteiger partial charge in [0.15, 0.2) is 5.96 Å². The lowest BCUT2D eigenvalue weighted by molar-refractivity contribution is -0.137. The number of hydrogen-bond acceptors (Lipinski definition) is 4. The van der Waals surface area contributed by atoms with Crippen LogP contribution in [0.3, 0.4) is 0 Å². The third-order valence-electron chi connectivity index (χ3n) is 4.32. The van der Waals surface area contributed by atoms with E-state index in [0.717, 1.165) is 57.3 Å². The second-order valence-electron chi connectivity index (χ2n) is 6.50. The maximum atomic E-state index is 12.5. The Balaban J connectivity index is 0.00000392. The van der Waals surface area contributed by atoms with Crippen molar-refractivity contribution in [3.63, 3.8) is 0 Å². The molecule has 2 N–H and O–H groups in total. The number of aliphatic imine (C=N–C) groups is 1. The Hall–Kier alpha value is -1.30. The van der Waals surface area contributed by atoms with Crippen LogP contribution in [0.25, 0.3) is 0 Å². The van der Waals surface area contributed by atoms with Crippen LogP contribution in [-0.4, -0.2) is 62.3 Å². The topological polar surface area (TPSA) is 61.8 Å². The molecule has 2 rings (SSSR count). The van der Waals surface area contributed by atoms with Crippen LogP contribution in [0, 0.1) is 5.92 Å². The molecule has 1 atom stereocenters. The van der Waals surface area contributed by atoms with E-state index < -0.39 is 11.7 Å². The van der Waals surface area contributed by atoms with Crippen molar-refractivity contribution in [3.05, 3.63) is 23.9 Å². The van der Waals surface area contributed by atoms with Gasteiger partial charge in [0.2, 0.25) is 0 Å². The number of pyridine rings is 1. The van der Waals surface area contributed by atoms with Gasteiger partial charge in [-0.05, 0) is 31.9 Å². The normalized spacial score (nSPS) is 17.4. The molecule has 2 heterocycles. The van der Waals surface area contributed by atoms with E-state index in [1.165, 1.54) is 6.07 Å². The molecular weight excluding hydrogens is 486 g/mol. The molecule has 1 fully saturated rings. The molecule has 0 saturated carbocycles. The average Bonchev–Trinajstić information content (AvgIpc) is 3.09. The summed E-state index contributed by atoms with van der Waals surface area (Å²) in [6, 6.07) is 2.37. The first-order valence-electron chi connectivity index (χ1n) is 9.23. The Morgan fingerprint density at radius 2 is 2.18 bits per heavy atom. The van der Waals surface area contributed by atoms with Crippen LogP contribution < -0.4 is 10.6 Å². The van der Waals surface area contributed by atoms with Crippen molar-refractivity contribution in [2.75, 3.05) is 51.8 Å². The number of nitrogens with zero attached hydrogens (tertiary/aromatic N) is 3. The Morgan fingerprint density at radius 1 is 1.39 bits per heavy atom. The van der Waals surface area contributed by atoms with Crippen LogP contribution in [0.15, 0.2) is 23.3 Å². The number of aromatic nitrogens is 1. The minimum Gasteiger partial charge on any atom is -0.384 e. The molecule has 0 spiro atoms. The van der Waals surface area contributed by atoms with Crippen molar-refractivity contribution in [2.45, 2.75) is 25.9 Å². The predicted molar refractivity (Wildman–Crippen MR) is 115 cm³/mol. The zero-order chi connectivity index (χ0) is 19.7. The maximum Gasteiger partial charge on any atom is 0.417 e. The molecule has 0 aromatic carbocycles. The van der Waals surface area contributed by atoms with Gasteiger partial charge in [0, 0.05) is 51.9 Å². The van der Waals surface area contributed by atoms with Crippen LogP contribution >= 0.6 is 24.0 Å². The number of rotatable bonds is 8. The predicted octanol–water partition coefficient (Wildman–Crippen LogP) is 3.45. The molecule has 28 heavy (non-hydrogen) atoms. The zero-order valence-electron chi connectivity index (χ0n) is 16.3. The molecule has 1 aromatic heterocycles. The molecule has 1 aliphatic heterocycles. The van der Waals surface area contributed by atoms with Gasteiger partial charge in [0.1, 0.15) is 5.82 Å². The lowest BCUT2D eigenvalue weighted by Crippen LogP contribution is -2.40. The Kier molecular flexibility index (Phi) is 10.9. The number of hydrogen-bond donors (Lipinski definition) is 2. The minimum absolute atomic E-state index is 0. The highest BCUT2D eigenvalue weighted by molar-refractivity contribution is 14.0. The number of likely N-dealkylation sites (tertiary alicyclic amines) is 1. The average molecular weight is 515 g/mol. The van der Waals surface area contributed by atoms with Gasteiger partial charge in [0.25, 0.3) is 0 Å². The summed E-state index contributed by atoms with van der Waals surface area (Å²) in [7, 11) is 1.72. The standard InChI is InChI=1S/C18H28F3N5O.HI/c1-3-22-17(26-10-7-14(12-26)13-27-2)24-9-4-8-23-16-6-5-15(11-25-16)18(19,20)21;/h5-6,11,14H,3-4,7-10,12-13H2,1-2H3,(H,22,24)(H,23,25);1H. The number of methoxy groups -OCH3 is 1. The third kappa shape index (κ3) is 7.98. The lowest BCUT2D eigenvalue weighted by atomic mass is 10.1. The molecule has 0 aliphatic carbocycles. The first-order valence-corrected chi connectivity index (χ1v) is 9.23. The number of ether oxygens (including phenoxy) is 1. The molecule has 10 heteroatoms. The Bertz CT molecular complexity index is 598. The van der Waals surface area contributed by atoms with Gasteiger partial charge in [-0.15, -0.1) is 24.0 Å². The second-order valence-corrected chi connectivity index (χ2v) is 6.50. The fourth-order valence-electron chi connectivity index (χ4n) is 2.97. The molecule has 6 nitrogen and oxygen atoms in total. The summed E-state index contributed by atoms with van der Waals surface area (Å²) in [6.07, 6.45) is -1.67. The van der Waals surface area contributed by atoms with Crippen molar-refractivity contribution in [3.8, 4) is 0 Å². The molecule has 1 aromatic rings. The fourth-order valence-corrected chi connectivity index (χ4v) is 2.97. The van der Waals surface area contributed by atoms with Crippen LogP contribution in [0.2, 0.25) is 0 Å². The van der Waals surface area contributed by atoms with Gasteiger partial charge < -0.3 is 20.3 Å². The SMILES string of the molecule is CCNC(=NCCCNc1ccc(C(F)(F)F)cn1)N1CCC(COC)C1.I. The monoisotopic (exact) mass is 515 g/mol. The van der Waals surface area contributed by atoms with Crippen LogP contribution in [0.5, 0.6) is 0 Å². The fraction of sp³-hybridized carbons (Fsp3) is 0.667. The summed E-state index contributed by atoms with van der Waals surface area (Å²) in [5.41, 5.74) is -0.745. The summed E-state index contributed by atoms with van der Waals surface area (Å²) >= 11 is 0. The van der Waals surface area contributed by atoms with Gasteiger partial charge in [0.05, 0.1) is 12.2 Å². The summed E-state index contributed by atoms with van der Waals surface area (Å²) in [6.45, 7) is 6.73. The van der Waals surface area contributed by atoms with Gasteiger partial charge in [-0.3, -0.25) is 4.99 Å². The van der Waals surface area contributed by atoms with Crippen molar-refractivity contribution in [1.29, 1.82) is 0 Å². The number of anilines is 1. The molecule has 160 valence electrons. The highest BCUT2D eigenvalue weighted by atomic mass is 127. The molecule has 1 unspecified atom stereocenters. The zero-order valence-corrected chi connectivity index (χ0v) is 18.6. The van der Waals surface area contributed by atoms with Crippen molar-refractivity contribution in [1.82, 2.24) is 15.2 Å². The van der Waals surface area contributed by atoms with Crippen LogP contribution in [0.1, 0.15) is 25.3 Å². The minimum atomic E-state index is -4.36. The molecule has 0 radical (unpaired) electrons. The van der Waals surface area contributed by atoms with E-state index in [-0.39, 0.29) is 24.0 Å². The van der Waals surface area contributed by atoms with Gasteiger partial charge in [-0.1, -0.05) is 0 Å². The van der Waals surface area contributed by atoms with Crippen LogP contribution in [-0.2, 0) is 10.9 Å². The van der Waals surface area contributed by atoms with Gasteiger partial charge >= 0.3 is 6.18 Å². The van der Waals surface area contributed by atoms with E-state index in [0.29, 0.717) is 24.8 Å². The van der Waals surface area contributed by atoms with Gasteiger partial charge in [-0.2, -0.15) is 13.2 Å². The summed E-state index contributed by atoms with van der Waals surface area (Å²) < 4.78 is 42.8. The second kappa shape index (κ2) is 12.3. The number of guanidine groups is 1. The quantitative estimate of drug-likeness (QED) is 0.241. The van der Waals surface area contributed by atoms with E-state index in [9.17, 15) is 13.2 Å². The van der Waals surface area contributed by atoms with Crippen molar-refractivity contribution < 1.29 is 17.9 Å². The number of halogens is 4. The van der Waals surface area contributed by atoms with E-state index in [1.807, 2.05) is 6.92 Å². The highest BCUT2D eigenvalue weighted by Crippen LogP contribution is 2.28. The smallest absolute Gasteiger partial charge is 0.384 e. The summed E-state index contributed by atoms with van der Waals surface area (Å²) in [5, 5.41) is 6.34. The number of nitrogens with one attached hydrogen (secondary N) is 2. The Morgan fingerprint density at radius 3 is 2.79 bits per heavy atom. The first kappa shape index (κ1) is 24.7. The Labute approximate surface area is 181 Å². The third-order valence-corrected chi connectivity index (χ3v) is 4.32. The van der Waals surface area contributed by atoms with Crippen molar-refractivity contribution >= 4 is 35.8 Å². The highest BCUT2D eigenvalue weighted by Gasteiger charge is 2.30. The largest absolute Gasteiger partial charge is 0.417 e. The molecular formula is C18H29F3IN5O. The molecule has 0 bridgehead atoms. The van der Waals surface area contributed by atoms with E-state index in [2.05, 4.69) is 25.5 Å². The van der Waals surface area contributed by atoms with E-state index >= 15 is 0 Å². The molecule has 1 saturated heterocycles.